The monoisotopic (exact) mass is 1570 g/mol. The van der Waals surface area contributed by atoms with Crippen molar-refractivity contribution in [2.75, 3.05) is 0 Å². The first-order valence-corrected chi connectivity index (χ1v) is 43.4. The molecule has 0 spiro atoms. The van der Waals surface area contributed by atoms with Crippen molar-refractivity contribution in [2.45, 2.75) is 26.5 Å². The molecule has 566 valence electrons. The van der Waals surface area contributed by atoms with Gasteiger partial charge >= 0.3 is 0 Å². The zero-order valence-electron chi connectivity index (χ0n) is 65.7. The van der Waals surface area contributed by atoms with Gasteiger partial charge in [0.25, 0.3) is 0 Å². The molecule has 5 heteroatoms. The second-order valence-electron chi connectivity index (χ2n) is 31.0. The summed E-state index contributed by atoms with van der Waals surface area (Å²) in [5.74, 6) is 0. The van der Waals surface area contributed by atoms with Crippen LogP contribution in [0.25, 0.3) is 197 Å². The summed E-state index contributed by atoms with van der Waals surface area (Å²) in [5, 5.41) is 21.3. The lowest BCUT2D eigenvalue weighted by Gasteiger charge is -2.27. The van der Waals surface area contributed by atoms with Crippen molar-refractivity contribution in [3.8, 4) is 100 Å². The van der Waals surface area contributed by atoms with Crippen molar-refractivity contribution >= 4 is 118 Å². The summed E-state index contributed by atoms with van der Waals surface area (Å²) >= 11 is 0. The van der Waals surface area contributed by atoms with Gasteiger partial charge in [0, 0.05) is 33.4 Å². The van der Waals surface area contributed by atoms with E-state index in [2.05, 4.69) is 419 Å². The Bertz CT molecular complexity index is 6940. The summed E-state index contributed by atoms with van der Waals surface area (Å²) in [5.41, 5.74) is 21.8. The van der Waals surface area contributed by atoms with E-state index in [-0.39, 0.29) is 4.90 Å². The smallest absolute Gasteiger partial charge is 0.182 e. The van der Waals surface area contributed by atoms with Crippen LogP contribution in [0.1, 0.15) is 5.56 Å². The number of hydrogen-bond donors (Lipinski definition) is 0. The molecule has 0 aromatic heterocycles. The summed E-state index contributed by atoms with van der Waals surface area (Å²) in [6, 6.07) is 165. The molecule has 0 aliphatic carbocycles. The molecule has 120 heavy (non-hydrogen) atoms. The molecule has 3 nitrogen and oxygen atoms in total. The molecule has 22 rings (SSSR count). The van der Waals surface area contributed by atoms with E-state index in [1.807, 2.05) is 6.92 Å². The SMILES string of the molecule is Cc1ccc(S(=O)(=O)[O-])cc1.c1ccc2c(-c3cc(-c4cccc5ccccc45)c([S+](c4c(-c5cccc6ccccc56)cc(-c5cccc6ccccc56)cc4-c4cccc5ccccc45)c4c(-c5cccc6ccccc56)cc(-c5cccc6ccccc56)cc4-c4cccc5ccccc45)c(-c4cccc5ccccc45)c3)cccc2c1. The molecular weight excluding hydrogens is 1490 g/mol. The molecule has 0 atom stereocenters. The Hall–Kier alpha value is -14.6. The number of rotatable bonds is 13. The fourth-order valence-corrected chi connectivity index (χ4v) is 21.8. The molecule has 0 N–H and O–H groups in total. The third-order valence-corrected chi connectivity index (χ3v) is 27.4. The number of fused-ring (bicyclic) bond motifs is 9. The van der Waals surface area contributed by atoms with E-state index in [9.17, 15) is 13.0 Å². The highest BCUT2D eigenvalue weighted by Crippen LogP contribution is 2.59. The van der Waals surface area contributed by atoms with Gasteiger partial charge in [-0.1, -0.05) is 400 Å². The number of hydrogen-bond acceptors (Lipinski definition) is 3. The van der Waals surface area contributed by atoms with Crippen LogP contribution < -0.4 is 0 Å². The van der Waals surface area contributed by atoms with Gasteiger partial charge < -0.3 is 4.55 Å². The molecule has 0 heterocycles. The third kappa shape index (κ3) is 13.2. The Morgan fingerprint density at radius 3 is 0.525 bits per heavy atom. The van der Waals surface area contributed by atoms with Gasteiger partial charge in [-0.3, -0.25) is 0 Å². The van der Waals surface area contributed by atoms with Gasteiger partial charge in [-0.2, -0.15) is 0 Å². The van der Waals surface area contributed by atoms with Crippen molar-refractivity contribution in [2.24, 2.45) is 0 Å². The first-order chi connectivity index (χ1) is 59.1. The van der Waals surface area contributed by atoms with E-state index in [0.29, 0.717) is 0 Å². The number of benzene rings is 22. The minimum atomic E-state index is -4.27. The molecule has 0 bridgehead atoms. The van der Waals surface area contributed by atoms with E-state index in [4.69, 9.17) is 0 Å². The van der Waals surface area contributed by atoms with Crippen molar-refractivity contribution in [1.29, 1.82) is 0 Å². The molecule has 0 saturated heterocycles. The largest absolute Gasteiger partial charge is 0.744 e. The van der Waals surface area contributed by atoms with Gasteiger partial charge in [-0.25, -0.2) is 8.42 Å². The molecule has 0 aliphatic rings. The fraction of sp³-hybridized carbons (Fsp3) is 0.00870. The zero-order chi connectivity index (χ0) is 80.4. The maximum absolute atomic E-state index is 10.4. The molecule has 0 unspecified atom stereocenters. The molecule has 22 aromatic rings. The standard InChI is InChI=1S/C108H69S.C7H8O3S/c1-10-46-82-70(28-1)37-19-55-91(82)79-64-100(94-58-22-40-73-31-4-13-49-85(73)94)106(101(65-79)95-59-23-41-74-32-5-14-50-86(74)95)109(107-102(96-60-24-42-75-33-6-15-51-87(75)96)66-80(92-56-20-38-71-29-2-11-47-83(71)92)67-103(107)97-61-25-43-76-34-7-16-52-88(76)97)108-104(98-62-26-44-77-35-8-17-53-89(77)98)68-81(93-57-21-39-72-30-3-12-48-84(72)93)69-105(108)99-63-27-45-78-36-9-18-54-90(78)99;1-6-2-4-7(5-3-6)11(8,9)10/h1-69H;2-5H,1H3,(H,8,9,10)/q+1;/p-1. The predicted octanol–water partition coefficient (Wildman–Crippen LogP) is 31.1. The Morgan fingerprint density at radius 1 is 0.183 bits per heavy atom. The summed E-state index contributed by atoms with van der Waals surface area (Å²) in [6.07, 6.45) is 0. The van der Waals surface area contributed by atoms with Crippen LogP contribution in [0.4, 0.5) is 0 Å². The summed E-state index contributed by atoms with van der Waals surface area (Å²) in [4.78, 5) is 3.48. The lowest BCUT2D eigenvalue weighted by molar-refractivity contribution is 0.463. The molecular formula is C115H76O3S2. The summed E-state index contributed by atoms with van der Waals surface area (Å²) in [6.45, 7) is 1.82. The Balaban J connectivity index is 0.000000753. The summed E-state index contributed by atoms with van der Waals surface area (Å²) in [7, 11) is -5.49. The third-order valence-electron chi connectivity index (χ3n) is 24.0. The average Bonchev–Trinajstić information content (AvgIpc) is 0.703. The maximum Gasteiger partial charge on any atom is 0.182 e. The predicted molar refractivity (Wildman–Crippen MR) is 507 cm³/mol. The minimum Gasteiger partial charge on any atom is -0.744 e. The van der Waals surface area contributed by atoms with E-state index in [0.717, 1.165) is 89.0 Å². The van der Waals surface area contributed by atoms with Gasteiger partial charge in [-0.05, 0) is 219 Å². The second-order valence-corrected chi connectivity index (χ2v) is 34.2. The van der Waals surface area contributed by atoms with Crippen LogP contribution in [0.2, 0.25) is 0 Å². The highest BCUT2D eigenvalue weighted by atomic mass is 32.2. The molecule has 0 aliphatic heterocycles. The Morgan fingerprint density at radius 2 is 0.342 bits per heavy atom. The van der Waals surface area contributed by atoms with E-state index in [1.165, 1.54) is 140 Å². The zero-order valence-corrected chi connectivity index (χ0v) is 67.3. The van der Waals surface area contributed by atoms with Crippen molar-refractivity contribution in [3.63, 3.8) is 0 Å². The average molecular weight is 1570 g/mol. The van der Waals surface area contributed by atoms with Crippen molar-refractivity contribution in [3.05, 3.63) is 448 Å². The van der Waals surface area contributed by atoms with Crippen LogP contribution in [-0.2, 0) is 21.0 Å². The maximum atomic E-state index is 10.4. The van der Waals surface area contributed by atoms with Crippen LogP contribution in [-0.4, -0.2) is 13.0 Å². The van der Waals surface area contributed by atoms with Crippen LogP contribution in [0, 0.1) is 6.92 Å². The topological polar surface area (TPSA) is 57.2 Å². The quantitative estimate of drug-likeness (QED) is 0.0854. The Kier molecular flexibility index (Phi) is 18.8. The molecule has 22 aromatic carbocycles. The second kappa shape index (κ2) is 30.8. The van der Waals surface area contributed by atoms with Gasteiger partial charge in [0.1, 0.15) is 21.0 Å². The normalized spacial score (nSPS) is 11.7. The van der Waals surface area contributed by atoms with Gasteiger partial charge in [-0.15, -0.1) is 0 Å². The van der Waals surface area contributed by atoms with Crippen molar-refractivity contribution < 1.29 is 13.0 Å². The first kappa shape index (κ1) is 73.1. The van der Waals surface area contributed by atoms with Gasteiger partial charge in [0.2, 0.25) is 0 Å². The van der Waals surface area contributed by atoms with Crippen LogP contribution in [0.15, 0.2) is 462 Å². The lowest BCUT2D eigenvalue weighted by atomic mass is 9.88. The molecule has 0 saturated carbocycles. The van der Waals surface area contributed by atoms with E-state index in [1.54, 1.807) is 12.1 Å². The highest BCUT2D eigenvalue weighted by Gasteiger charge is 2.46. The van der Waals surface area contributed by atoms with Crippen LogP contribution in [0.5, 0.6) is 0 Å². The fourth-order valence-electron chi connectivity index (χ4n) is 18.4. The lowest BCUT2D eigenvalue weighted by Crippen LogP contribution is -2.15. The molecule has 0 radical (unpaired) electrons. The van der Waals surface area contributed by atoms with Crippen LogP contribution in [0.3, 0.4) is 0 Å². The van der Waals surface area contributed by atoms with E-state index >= 15 is 0 Å². The highest BCUT2D eigenvalue weighted by molar-refractivity contribution is 7.97. The van der Waals surface area contributed by atoms with Gasteiger partial charge in [0.05, 0.1) is 4.90 Å². The van der Waals surface area contributed by atoms with E-state index < -0.39 is 21.0 Å². The van der Waals surface area contributed by atoms with Crippen molar-refractivity contribution in [1.82, 2.24) is 0 Å². The Labute approximate surface area is 700 Å². The first-order valence-electron chi connectivity index (χ1n) is 40.7. The molecule has 0 amide bonds. The van der Waals surface area contributed by atoms with Crippen LogP contribution >= 0.6 is 0 Å². The molecule has 0 fully saturated rings. The van der Waals surface area contributed by atoms with Gasteiger partial charge in [0.15, 0.2) is 14.7 Å². The number of aryl methyl sites for hydroxylation is 1. The summed E-state index contributed by atoms with van der Waals surface area (Å²) < 4.78 is 31.2. The minimum absolute atomic E-state index is 0.178.